The van der Waals surface area contributed by atoms with Crippen molar-refractivity contribution < 1.29 is 32.7 Å². The third kappa shape index (κ3) is 4.73. The molecule has 1 aliphatic rings. The lowest BCUT2D eigenvalue weighted by Gasteiger charge is -2.29. The number of hydrogen-bond acceptors (Lipinski definition) is 7. The Kier molecular flexibility index (Phi) is 6.96. The predicted octanol–water partition coefficient (Wildman–Crippen LogP) is 3.40. The molecule has 1 aromatic rings. The van der Waals surface area contributed by atoms with Gasteiger partial charge >= 0.3 is 12.1 Å². The molecule has 0 fully saturated rings. The molecule has 0 radical (unpaired) electrons. The third-order valence-corrected chi connectivity index (χ3v) is 4.95. The maximum atomic E-state index is 13.2. The summed E-state index contributed by atoms with van der Waals surface area (Å²) in [6.07, 6.45) is -3.13. The number of nitrogens with zero attached hydrogens (tertiary/aromatic N) is 1. The van der Waals surface area contributed by atoms with Crippen LogP contribution in [0, 0.1) is 10.1 Å². The molecule has 0 saturated heterocycles. The number of aliphatic hydroxyl groups excluding tert-OH is 1. The van der Waals surface area contributed by atoms with Crippen molar-refractivity contribution in [1.29, 1.82) is 0 Å². The number of hydrogen-bond donors (Lipinski definition) is 2. The van der Waals surface area contributed by atoms with Gasteiger partial charge in [-0.1, -0.05) is 18.2 Å². The number of alkyl halides is 3. The van der Waals surface area contributed by atoms with Crippen molar-refractivity contribution in [1.82, 2.24) is 5.32 Å². The van der Waals surface area contributed by atoms with Gasteiger partial charge in [0.25, 0.3) is 5.70 Å². The average Bonchev–Trinajstić information content (AvgIpc) is 2.65. The van der Waals surface area contributed by atoms with Crippen LogP contribution >= 0.6 is 11.8 Å². The zero-order valence-electron chi connectivity index (χ0n) is 15.7. The second-order valence-corrected chi connectivity index (χ2v) is 7.00. The number of halogens is 3. The van der Waals surface area contributed by atoms with Crippen LogP contribution < -0.4 is 5.32 Å². The molecule has 0 aromatic heterocycles. The summed E-state index contributed by atoms with van der Waals surface area (Å²) in [5.74, 6) is -2.42. The van der Waals surface area contributed by atoms with Crippen LogP contribution in [0.4, 0.5) is 13.2 Å². The first kappa shape index (κ1) is 22.8. The van der Waals surface area contributed by atoms with Crippen molar-refractivity contribution in [3.8, 4) is 0 Å². The maximum Gasteiger partial charge on any atom is 0.416 e. The lowest BCUT2D eigenvalue weighted by atomic mass is 9.83. The van der Waals surface area contributed by atoms with E-state index in [4.69, 9.17) is 4.74 Å². The number of rotatable bonds is 6. The molecular weight excluding hydrogens is 413 g/mol. The van der Waals surface area contributed by atoms with Crippen molar-refractivity contribution in [2.24, 2.45) is 0 Å². The molecule has 0 saturated carbocycles. The molecule has 1 heterocycles. The van der Waals surface area contributed by atoms with Crippen LogP contribution in [-0.2, 0) is 15.7 Å². The number of allylic oxidation sites excluding steroid dienone is 2. The van der Waals surface area contributed by atoms with Crippen LogP contribution in [0.5, 0.6) is 0 Å². The average molecular weight is 432 g/mol. The molecule has 29 heavy (non-hydrogen) atoms. The summed E-state index contributed by atoms with van der Waals surface area (Å²) in [5, 5.41) is 24.7. The highest BCUT2D eigenvalue weighted by Gasteiger charge is 2.44. The van der Waals surface area contributed by atoms with Crippen LogP contribution in [0.1, 0.15) is 30.9 Å². The minimum absolute atomic E-state index is 0.00793. The van der Waals surface area contributed by atoms with E-state index in [9.17, 15) is 33.2 Å². The van der Waals surface area contributed by atoms with Crippen molar-refractivity contribution in [2.75, 3.05) is 12.9 Å². The van der Waals surface area contributed by atoms with Gasteiger partial charge in [0, 0.05) is 0 Å². The third-order valence-electron chi connectivity index (χ3n) is 4.27. The smallest absolute Gasteiger partial charge is 0.416 e. The topological polar surface area (TPSA) is 102 Å². The minimum Gasteiger partial charge on any atom is -0.463 e. The number of benzene rings is 1. The number of carbonyl (C=O) groups is 1. The fraction of sp³-hybridized carbons (Fsp3) is 0.389. The monoisotopic (exact) mass is 432 g/mol. The Morgan fingerprint density at radius 1 is 1.45 bits per heavy atom. The highest BCUT2D eigenvalue weighted by atomic mass is 32.2. The summed E-state index contributed by atoms with van der Waals surface area (Å²) in [6, 6.07) is 3.97. The maximum absolute atomic E-state index is 13.2. The molecule has 1 aromatic carbocycles. The lowest BCUT2D eigenvalue weighted by Crippen LogP contribution is -2.36. The number of carbonyl (C=O) groups excluding carboxylic acids is 1. The summed E-state index contributed by atoms with van der Waals surface area (Å²) in [7, 11) is 0. The summed E-state index contributed by atoms with van der Waals surface area (Å²) >= 11 is 0.942. The molecule has 0 amide bonds. The Labute approximate surface area is 168 Å². The van der Waals surface area contributed by atoms with Crippen LogP contribution in [0.25, 0.3) is 0 Å². The quantitative estimate of drug-likeness (QED) is 0.307. The van der Waals surface area contributed by atoms with Gasteiger partial charge in [-0.25, -0.2) is 4.79 Å². The van der Waals surface area contributed by atoms with E-state index < -0.39 is 39.7 Å². The molecule has 7 nitrogen and oxygen atoms in total. The number of thioether (sulfide) groups is 1. The summed E-state index contributed by atoms with van der Waals surface area (Å²) in [5.41, 5.74) is -3.24. The number of dihydropyridines is 1. The number of aliphatic hydroxyl groups is 1. The Hall–Kier alpha value is -2.53. The van der Waals surface area contributed by atoms with Gasteiger partial charge in [-0.3, -0.25) is 10.1 Å². The molecule has 2 N–H and O–H groups in total. The van der Waals surface area contributed by atoms with E-state index in [1.165, 1.54) is 19.9 Å². The van der Waals surface area contributed by atoms with E-state index >= 15 is 0 Å². The molecule has 0 aliphatic carbocycles. The van der Waals surface area contributed by atoms with Crippen molar-refractivity contribution in [3.05, 3.63) is 68.2 Å². The molecule has 11 heteroatoms. The molecule has 1 aliphatic heterocycles. The SMILES string of the molecule is CCOC(=O)C1=C(C(O)SC)NC(C)=C([N+](=O)[O-])C1c1cccc(C(F)(F)F)c1. The fourth-order valence-electron chi connectivity index (χ4n) is 3.05. The van der Waals surface area contributed by atoms with Crippen LogP contribution in [-0.4, -0.2) is 34.3 Å². The first-order chi connectivity index (χ1) is 13.5. The summed E-state index contributed by atoms with van der Waals surface area (Å²) in [4.78, 5) is 23.7. The number of nitrogens with one attached hydrogen (secondary N) is 1. The zero-order valence-corrected chi connectivity index (χ0v) is 16.6. The summed E-state index contributed by atoms with van der Waals surface area (Å²) < 4.78 is 44.6. The second kappa shape index (κ2) is 8.87. The second-order valence-electron chi connectivity index (χ2n) is 6.08. The molecule has 158 valence electrons. The molecule has 0 spiro atoms. The number of ether oxygens (including phenoxy) is 1. The first-order valence-electron chi connectivity index (χ1n) is 8.44. The Balaban J connectivity index is 2.81. The fourth-order valence-corrected chi connectivity index (χ4v) is 3.47. The molecule has 0 bridgehead atoms. The van der Waals surface area contributed by atoms with Crippen LogP contribution in [0.3, 0.4) is 0 Å². The van der Waals surface area contributed by atoms with Gasteiger partial charge in [0.05, 0.1) is 34.1 Å². The van der Waals surface area contributed by atoms with Crippen molar-refractivity contribution >= 4 is 17.7 Å². The van der Waals surface area contributed by atoms with Crippen LogP contribution in [0.15, 0.2) is 46.9 Å². The van der Waals surface area contributed by atoms with Gasteiger partial charge < -0.3 is 15.2 Å². The van der Waals surface area contributed by atoms with E-state index in [1.54, 1.807) is 6.26 Å². The molecule has 2 rings (SSSR count). The Bertz CT molecular complexity index is 882. The summed E-state index contributed by atoms with van der Waals surface area (Å²) in [6.45, 7) is 2.82. The Morgan fingerprint density at radius 2 is 2.10 bits per heavy atom. The van der Waals surface area contributed by atoms with E-state index in [1.807, 2.05) is 0 Å². The van der Waals surface area contributed by atoms with E-state index in [0.29, 0.717) is 0 Å². The van der Waals surface area contributed by atoms with Gasteiger partial charge in [-0.2, -0.15) is 13.2 Å². The van der Waals surface area contributed by atoms with Crippen molar-refractivity contribution in [2.45, 2.75) is 31.4 Å². The van der Waals surface area contributed by atoms with E-state index in [-0.39, 0.29) is 29.1 Å². The Morgan fingerprint density at radius 3 is 2.62 bits per heavy atom. The van der Waals surface area contributed by atoms with Gasteiger partial charge in [-0.15, -0.1) is 11.8 Å². The molecule has 2 unspecified atom stereocenters. The lowest BCUT2D eigenvalue weighted by molar-refractivity contribution is -0.431. The zero-order chi connectivity index (χ0) is 21.9. The standard InChI is InChI=1S/C18H19F3N2O5S/c1-4-28-16(24)13-12(10-6-5-7-11(8-10)18(19,20)21)15(23(26)27)9(2)22-14(13)17(25)29-3/h5-8,12,17,22,25H,4H2,1-3H3. The predicted molar refractivity (Wildman–Crippen MR) is 100 cm³/mol. The van der Waals surface area contributed by atoms with Crippen molar-refractivity contribution in [3.63, 3.8) is 0 Å². The first-order valence-corrected chi connectivity index (χ1v) is 9.73. The van der Waals surface area contributed by atoms with Gasteiger partial charge in [0.15, 0.2) is 0 Å². The number of esters is 1. The van der Waals surface area contributed by atoms with E-state index in [0.717, 1.165) is 30.0 Å². The van der Waals surface area contributed by atoms with Crippen LogP contribution in [0.2, 0.25) is 0 Å². The number of nitro groups is 1. The highest BCUT2D eigenvalue weighted by molar-refractivity contribution is 7.99. The highest BCUT2D eigenvalue weighted by Crippen LogP contribution is 2.42. The minimum atomic E-state index is -4.67. The largest absolute Gasteiger partial charge is 0.463 e. The molecular formula is C18H19F3N2O5S. The van der Waals surface area contributed by atoms with Gasteiger partial charge in [0.1, 0.15) is 11.4 Å². The normalized spacial score (nSPS) is 18.4. The van der Waals surface area contributed by atoms with Gasteiger partial charge in [0.2, 0.25) is 0 Å². The molecule has 2 atom stereocenters. The van der Waals surface area contributed by atoms with E-state index in [2.05, 4.69) is 5.32 Å². The van der Waals surface area contributed by atoms with Gasteiger partial charge in [-0.05, 0) is 31.7 Å².